The Morgan fingerprint density at radius 2 is 2.32 bits per heavy atom. The van der Waals surface area contributed by atoms with Gasteiger partial charge in [-0.25, -0.2) is 4.98 Å². The Morgan fingerprint density at radius 3 is 3.05 bits per heavy atom. The van der Waals surface area contributed by atoms with Crippen molar-refractivity contribution < 1.29 is 0 Å². The number of hydrogen-bond donors (Lipinski definition) is 1. The molecule has 3 rings (SSSR count). The lowest BCUT2D eigenvalue weighted by atomic mass is 10.2. The largest absolute Gasteiger partial charge is 0.308 e. The van der Waals surface area contributed by atoms with Crippen molar-refractivity contribution in [1.82, 2.24) is 15.2 Å². The molecule has 19 heavy (non-hydrogen) atoms. The summed E-state index contributed by atoms with van der Waals surface area (Å²) in [4.78, 5) is 7.30. The molecule has 0 atom stereocenters. The molecule has 0 amide bonds. The summed E-state index contributed by atoms with van der Waals surface area (Å²) in [5.74, 6) is 1.24. The third-order valence-corrected chi connectivity index (χ3v) is 5.80. The van der Waals surface area contributed by atoms with Gasteiger partial charge in [-0.3, -0.25) is 4.90 Å². The highest BCUT2D eigenvalue weighted by Crippen LogP contribution is 2.30. The molecule has 0 radical (unpaired) electrons. The van der Waals surface area contributed by atoms with Crippen LogP contribution in [0.15, 0.2) is 5.38 Å². The molecule has 2 heterocycles. The second-order valence-corrected chi connectivity index (χ2v) is 8.95. The highest BCUT2D eigenvalue weighted by Gasteiger charge is 2.27. The van der Waals surface area contributed by atoms with Gasteiger partial charge >= 0.3 is 0 Å². The molecule has 1 saturated heterocycles. The lowest BCUT2D eigenvalue weighted by molar-refractivity contribution is 0.250. The van der Waals surface area contributed by atoms with Gasteiger partial charge in [-0.15, -0.1) is 11.3 Å². The Hall–Kier alpha value is -0.100. The summed E-state index contributed by atoms with van der Waals surface area (Å²) in [5.41, 5.74) is 1.25. The quantitative estimate of drug-likeness (QED) is 0.904. The normalized spacial score (nSPS) is 23.7. The molecule has 0 aromatic carbocycles. The molecule has 2 fully saturated rings. The Balaban J connectivity index is 1.51. The number of thiazole rings is 1. The number of thioether (sulfide) groups is 1. The molecule has 1 N–H and O–H groups in total. The minimum absolute atomic E-state index is 0.393. The average molecular weight is 297 g/mol. The summed E-state index contributed by atoms with van der Waals surface area (Å²) < 4.78 is 0.393. The van der Waals surface area contributed by atoms with E-state index in [0.29, 0.717) is 4.75 Å². The van der Waals surface area contributed by atoms with Crippen molar-refractivity contribution in [2.75, 3.05) is 18.8 Å². The molecule has 1 saturated carbocycles. The number of hydrogen-bond acceptors (Lipinski definition) is 5. The summed E-state index contributed by atoms with van der Waals surface area (Å²) in [6, 6.07) is 0.771. The second-order valence-electron chi connectivity index (χ2n) is 6.21. The molecule has 3 nitrogen and oxygen atoms in total. The molecular weight excluding hydrogens is 274 g/mol. The molecule has 106 valence electrons. The van der Waals surface area contributed by atoms with E-state index in [9.17, 15) is 0 Å². The monoisotopic (exact) mass is 297 g/mol. The molecule has 1 aromatic heterocycles. The van der Waals surface area contributed by atoms with Crippen LogP contribution >= 0.6 is 23.1 Å². The van der Waals surface area contributed by atoms with Crippen molar-refractivity contribution in [3.8, 4) is 0 Å². The zero-order valence-electron chi connectivity index (χ0n) is 11.8. The molecule has 5 heteroatoms. The second kappa shape index (κ2) is 5.72. The van der Waals surface area contributed by atoms with Crippen LogP contribution in [0.1, 0.15) is 37.4 Å². The summed E-state index contributed by atoms with van der Waals surface area (Å²) >= 11 is 3.89. The van der Waals surface area contributed by atoms with Crippen LogP contribution in [0.5, 0.6) is 0 Å². The lowest BCUT2D eigenvalue weighted by Gasteiger charge is -2.37. The molecule has 2 aliphatic rings. The van der Waals surface area contributed by atoms with Crippen molar-refractivity contribution in [3.05, 3.63) is 16.1 Å². The average Bonchev–Trinajstić information content (AvgIpc) is 3.06. The van der Waals surface area contributed by atoms with Crippen LogP contribution in [-0.2, 0) is 13.1 Å². The van der Waals surface area contributed by atoms with Crippen molar-refractivity contribution in [2.45, 2.75) is 50.6 Å². The van der Waals surface area contributed by atoms with Crippen LogP contribution in [0.4, 0.5) is 0 Å². The zero-order valence-corrected chi connectivity index (χ0v) is 13.4. The number of rotatable bonds is 5. The van der Waals surface area contributed by atoms with Gasteiger partial charge < -0.3 is 5.32 Å². The van der Waals surface area contributed by atoms with Gasteiger partial charge in [0.05, 0.1) is 5.69 Å². The van der Waals surface area contributed by atoms with E-state index in [-0.39, 0.29) is 0 Å². The van der Waals surface area contributed by atoms with Crippen molar-refractivity contribution in [3.63, 3.8) is 0 Å². The molecule has 0 unspecified atom stereocenters. The molecule has 1 aliphatic heterocycles. The summed E-state index contributed by atoms with van der Waals surface area (Å²) in [5, 5.41) is 7.01. The number of nitrogens with zero attached hydrogens (tertiary/aromatic N) is 2. The van der Waals surface area contributed by atoms with Crippen molar-refractivity contribution >= 4 is 23.1 Å². The maximum atomic E-state index is 4.76. The third kappa shape index (κ3) is 4.18. The van der Waals surface area contributed by atoms with Crippen LogP contribution in [-0.4, -0.2) is 39.5 Å². The maximum absolute atomic E-state index is 4.76. The lowest BCUT2D eigenvalue weighted by Crippen LogP contribution is -2.42. The smallest absolute Gasteiger partial charge is 0.107 e. The van der Waals surface area contributed by atoms with Crippen molar-refractivity contribution in [1.29, 1.82) is 0 Å². The summed E-state index contributed by atoms with van der Waals surface area (Å²) in [6.45, 7) is 9.03. The van der Waals surface area contributed by atoms with Crippen LogP contribution in [0.2, 0.25) is 0 Å². The Kier molecular flexibility index (Phi) is 4.17. The van der Waals surface area contributed by atoms with Gasteiger partial charge in [0.2, 0.25) is 0 Å². The van der Waals surface area contributed by atoms with Gasteiger partial charge in [0.15, 0.2) is 0 Å². The first kappa shape index (κ1) is 13.9. The van der Waals surface area contributed by atoms with Crippen LogP contribution in [0.25, 0.3) is 0 Å². The highest BCUT2D eigenvalue weighted by atomic mass is 32.2. The van der Waals surface area contributed by atoms with Crippen molar-refractivity contribution in [2.24, 2.45) is 0 Å². The standard InChI is InChI=1S/C14H23N3S2/c1-14(2)10-17(5-6-19-14)8-12-9-18-13(16-12)7-15-11-3-4-11/h9,11,15H,3-8,10H2,1-2H3. The Morgan fingerprint density at radius 1 is 1.47 bits per heavy atom. The Bertz CT molecular complexity index is 426. The summed E-state index contributed by atoms with van der Waals surface area (Å²) in [6.07, 6.45) is 2.69. The summed E-state index contributed by atoms with van der Waals surface area (Å²) in [7, 11) is 0. The molecule has 1 aromatic rings. The van der Waals surface area contributed by atoms with Crippen LogP contribution in [0, 0.1) is 0 Å². The van der Waals surface area contributed by atoms with Gasteiger partial charge in [-0.2, -0.15) is 11.8 Å². The zero-order chi connectivity index (χ0) is 13.3. The van der Waals surface area contributed by atoms with Crippen LogP contribution < -0.4 is 5.32 Å². The van der Waals surface area contributed by atoms with Gasteiger partial charge in [0.25, 0.3) is 0 Å². The fourth-order valence-corrected chi connectivity index (χ4v) is 4.41. The fraction of sp³-hybridized carbons (Fsp3) is 0.786. The van der Waals surface area contributed by atoms with E-state index in [2.05, 4.69) is 41.2 Å². The van der Waals surface area contributed by atoms with E-state index in [4.69, 9.17) is 4.98 Å². The molecular formula is C14H23N3S2. The highest BCUT2D eigenvalue weighted by molar-refractivity contribution is 8.00. The van der Waals surface area contributed by atoms with E-state index in [0.717, 1.165) is 19.1 Å². The maximum Gasteiger partial charge on any atom is 0.107 e. The van der Waals surface area contributed by atoms with Gasteiger partial charge in [0.1, 0.15) is 5.01 Å². The van der Waals surface area contributed by atoms with E-state index < -0.39 is 0 Å². The topological polar surface area (TPSA) is 28.2 Å². The minimum atomic E-state index is 0.393. The Labute approximate surface area is 124 Å². The predicted octanol–water partition coefficient (Wildman–Crippen LogP) is 2.72. The first-order valence-electron chi connectivity index (χ1n) is 7.14. The first-order valence-corrected chi connectivity index (χ1v) is 9.00. The SMILES string of the molecule is CC1(C)CN(Cc2csc(CNC3CC3)n2)CCS1. The van der Waals surface area contributed by atoms with Gasteiger partial charge in [-0.05, 0) is 26.7 Å². The molecule has 1 aliphatic carbocycles. The number of nitrogens with one attached hydrogen (secondary N) is 1. The van der Waals surface area contributed by atoms with E-state index in [1.807, 2.05) is 0 Å². The molecule has 0 bridgehead atoms. The van der Waals surface area contributed by atoms with Gasteiger partial charge in [-0.1, -0.05) is 0 Å². The van der Waals surface area contributed by atoms with Crippen LogP contribution in [0.3, 0.4) is 0 Å². The van der Waals surface area contributed by atoms with Gasteiger partial charge in [0, 0.05) is 48.1 Å². The molecule has 0 spiro atoms. The minimum Gasteiger partial charge on any atom is -0.308 e. The number of aromatic nitrogens is 1. The van der Waals surface area contributed by atoms with E-state index >= 15 is 0 Å². The fourth-order valence-electron chi connectivity index (χ4n) is 2.50. The van der Waals surface area contributed by atoms with E-state index in [1.54, 1.807) is 11.3 Å². The predicted molar refractivity (Wildman–Crippen MR) is 83.8 cm³/mol. The first-order chi connectivity index (χ1) is 9.11. The van der Waals surface area contributed by atoms with E-state index in [1.165, 1.54) is 42.4 Å². The third-order valence-electron chi connectivity index (χ3n) is 3.61.